The van der Waals surface area contributed by atoms with Crippen LogP contribution in [0.1, 0.15) is 65.7 Å². The van der Waals surface area contributed by atoms with Crippen LogP contribution >= 0.6 is 0 Å². The SMILES string of the molecule is CC1CCCCC1N(C)C1CC(C)(C)CCC1O. The van der Waals surface area contributed by atoms with Crippen molar-refractivity contribution in [2.24, 2.45) is 11.3 Å². The number of aliphatic hydroxyl groups is 1. The minimum absolute atomic E-state index is 0.114. The van der Waals surface area contributed by atoms with E-state index in [0.29, 0.717) is 17.5 Å². The maximum absolute atomic E-state index is 10.3. The van der Waals surface area contributed by atoms with Gasteiger partial charge >= 0.3 is 0 Å². The van der Waals surface area contributed by atoms with Gasteiger partial charge in [-0.25, -0.2) is 0 Å². The number of rotatable bonds is 2. The molecule has 2 saturated carbocycles. The Bertz CT molecular complexity index is 276. The fraction of sp³-hybridized carbons (Fsp3) is 1.00. The van der Waals surface area contributed by atoms with Crippen LogP contribution in [0.4, 0.5) is 0 Å². The van der Waals surface area contributed by atoms with Crippen LogP contribution in [0.2, 0.25) is 0 Å². The average molecular weight is 253 g/mol. The lowest BCUT2D eigenvalue weighted by atomic mass is 9.72. The van der Waals surface area contributed by atoms with Gasteiger partial charge in [0, 0.05) is 12.1 Å². The Kier molecular flexibility index (Phi) is 4.38. The van der Waals surface area contributed by atoms with E-state index >= 15 is 0 Å². The van der Waals surface area contributed by atoms with E-state index in [2.05, 4.69) is 32.7 Å². The second kappa shape index (κ2) is 5.50. The van der Waals surface area contributed by atoms with Crippen molar-refractivity contribution in [3.05, 3.63) is 0 Å². The Hall–Kier alpha value is -0.0800. The molecule has 2 nitrogen and oxygen atoms in total. The summed E-state index contributed by atoms with van der Waals surface area (Å²) in [5, 5.41) is 10.3. The molecule has 0 heterocycles. The zero-order valence-electron chi connectivity index (χ0n) is 12.7. The summed E-state index contributed by atoms with van der Waals surface area (Å²) in [6, 6.07) is 1.06. The number of aliphatic hydroxyl groups excluding tert-OH is 1. The van der Waals surface area contributed by atoms with Gasteiger partial charge in [-0.05, 0) is 50.5 Å². The van der Waals surface area contributed by atoms with Gasteiger partial charge in [0.25, 0.3) is 0 Å². The summed E-state index contributed by atoms with van der Waals surface area (Å²) in [6.45, 7) is 7.09. The Morgan fingerprint density at radius 1 is 1.06 bits per heavy atom. The second-order valence-electron chi connectivity index (χ2n) is 7.54. The van der Waals surface area contributed by atoms with Crippen LogP contribution in [0, 0.1) is 11.3 Å². The summed E-state index contributed by atoms with van der Waals surface area (Å²) in [7, 11) is 2.25. The minimum Gasteiger partial charge on any atom is -0.391 e. The molecule has 2 fully saturated rings. The van der Waals surface area contributed by atoms with Gasteiger partial charge in [-0.2, -0.15) is 0 Å². The van der Waals surface area contributed by atoms with Gasteiger partial charge in [0.2, 0.25) is 0 Å². The molecule has 2 heteroatoms. The molecule has 4 unspecified atom stereocenters. The highest BCUT2D eigenvalue weighted by molar-refractivity contribution is 4.93. The van der Waals surface area contributed by atoms with E-state index in [1.54, 1.807) is 0 Å². The second-order valence-corrected chi connectivity index (χ2v) is 7.54. The largest absolute Gasteiger partial charge is 0.391 e. The van der Waals surface area contributed by atoms with E-state index in [1.807, 2.05) is 0 Å². The van der Waals surface area contributed by atoms with Crippen LogP contribution < -0.4 is 0 Å². The average Bonchev–Trinajstić information content (AvgIpc) is 2.32. The molecule has 0 saturated heterocycles. The van der Waals surface area contributed by atoms with Crippen molar-refractivity contribution in [2.45, 2.75) is 83.9 Å². The van der Waals surface area contributed by atoms with E-state index < -0.39 is 0 Å². The normalized spacial score (nSPS) is 41.0. The van der Waals surface area contributed by atoms with E-state index in [0.717, 1.165) is 18.8 Å². The summed E-state index contributed by atoms with van der Waals surface area (Å²) in [4.78, 5) is 2.52. The van der Waals surface area contributed by atoms with E-state index in [-0.39, 0.29) is 6.10 Å². The molecule has 0 radical (unpaired) electrons. The van der Waals surface area contributed by atoms with Crippen LogP contribution in [0.5, 0.6) is 0 Å². The lowest BCUT2D eigenvalue weighted by molar-refractivity contribution is -0.0373. The highest BCUT2D eigenvalue weighted by atomic mass is 16.3. The molecule has 2 aliphatic carbocycles. The van der Waals surface area contributed by atoms with E-state index in [1.165, 1.54) is 32.1 Å². The van der Waals surface area contributed by atoms with Gasteiger partial charge in [-0.15, -0.1) is 0 Å². The zero-order chi connectivity index (χ0) is 13.3. The zero-order valence-corrected chi connectivity index (χ0v) is 12.7. The third-order valence-corrected chi connectivity index (χ3v) is 5.44. The molecule has 0 bridgehead atoms. The topological polar surface area (TPSA) is 23.5 Å². The van der Waals surface area contributed by atoms with Crippen LogP contribution in [0.25, 0.3) is 0 Å². The van der Waals surface area contributed by atoms with Gasteiger partial charge in [-0.1, -0.05) is 33.6 Å². The monoisotopic (exact) mass is 253 g/mol. The van der Waals surface area contributed by atoms with Crippen molar-refractivity contribution in [3.63, 3.8) is 0 Å². The van der Waals surface area contributed by atoms with Crippen molar-refractivity contribution in [2.75, 3.05) is 7.05 Å². The van der Waals surface area contributed by atoms with Gasteiger partial charge in [0.15, 0.2) is 0 Å². The summed E-state index contributed by atoms with van der Waals surface area (Å²) < 4.78 is 0. The molecule has 0 spiro atoms. The number of hydrogen-bond acceptors (Lipinski definition) is 2. The molecule has 0 aromatic heterocycles. The Morgan fingerprint density at radius 2 is 1.72 bits per heavy atom. The summed E-state index contributed by atoms with van der Waals surface area (Å²) in [6.07, 6.45) is 8.62. The summed E-state index contributed by atoms with van der Waals surface area (Å²) >= 11 is 0. The van der Waals surface area contributed by atoms with Crippen LogP contribution in [-0.2, 0) is 0 Å². The molecule has 0 aromatic carbocycles. The lowest BCUT2D eigenvalue weighted by Crippen LogP contribution is -2.53. The van der Waals surface area contributed by atoms with Crippen LogP contribution in [-0.4, -0.2) is 35.2 Å². The van der Waals surface area contributed by atoms with Crippen molar-refractivity contribution in [3.8, 4) is 0 Å². The quantitative estimate of drug-likeness (QED) is 0.815. The fourth-order valence-corrected chi connectivity index (χ4v) is 4.10. The molecule has 2 rings (SSSR count). The fourth-order valence-electron chi connectivity index (χ4n) is 4.10. The number of likely N-dealkylation sites (N-methyl/N-ethyl adjacent to an activating group) is 1. The Labute approximate surface area is 113 Å². The first-order chi connectivity index (χ1) is 8.41. The maximum atomic E-state index is 10.3. The third kappa shape index (κ3) is 3.08. The predicted octanol–water partition coefficient (Wildman–Crippen LogP) is 3.44. The minimum atomic E-state index is -0.114. The van der Waals surface area contributed by atoms with E-state index in [9.17, 15) is 5.11 Å². The van der Waals surface area contributed by atoms with Gasteiger partial charge in [0.05, 0.1) is 6.10 Å². The van der Waals surface area contributed by atoms with Crippen LogP contribution in [0.3, 0.4) is 0 Å². The summed E-state index contributed by atoms with van der Waals surface area (Å²) in [5.74, 6) is 0.793. The standard InChI is InChI=1S/C16H31NO/c1-12-7-5-6-8-13(12)17(4)14-11-16(2,3)10-9-15(14)18/h12-15,18H,5-11H2,1-4H3. The molecule has 0 amide bonds. The molecule has 4 atom stereocenters. The first-order valence-electron chi connectivity index (χ1n) is 7.81. The highest BCUT2D eigenvalue weighted by Gasteiger charge is 2.39. The predicted molar refractivity (Wildman–Crippen MR) is 76.6 cm³/mol. The van der Waals surface area contributed by atoms with Crippen LogP contribution in [0.15, 0.2) is 0 Å². The van der Waals surface area contributed by atoms with Crippen molar-refractivity contribution in [1.29, 1.82) is 0 Å². The Morgan fingerprint density at radius 3 is 2.39 bits per heavy atom. The van der Waals surface area contributed by atoms with Crippen molar-refractivity contribution < 1.29 is 5.11 Å². The first-order valence-corrected chi connectivity index (χ1v) is 7.81. The summed E-state index contributed by atoms with van der Waals surface area (Å²) in [5.41, 5.74) is 0.399. The Balaban J connectivity index is 2.04. The maximum Gasteiger partial charge on any atom is 0.0695 e. The van der Waals surface area contributed by atoms with Gasteiger partial charge in [-0.3, -0.25) is 4.90 Å². The third-order valence-electron chi connectivity index (χ3n) is 5.44. The molecular formula is C16H31NO. The smallest absolute Gasteiger partial charge is 0.0695 e. The van der Waals surface area contributed by atoms with Gasteiger partial charge < -0.3 is 5.11 Å². The van der Waals surface area contributed by atoms with Crippen molar-refractivity contribution in [1.82, 2.24) is 4.90 Å². The molecule has 2 aliphatic rings. The molecule has 106 valence electrons. The van der Waals surface area contributed by atoms with E-state index in [4.69, 9.17) is 0 Å². The molecule has 18 heavy (non-hydrogen) atoms. The first kappa shape index (κ1) is 14.3. The highest BCUT2D eigenvalue weighted by Crippen LogP contribution is 2.39. The molecule has 0 aromatic rings. The number of nitrogens with zero attached hydrogens (tertiary/aromatic N) is 1. The van der Waals surface area contributed by atoms with Gasteiger partial charge in [0.1, 0.15) is 0 Å². The molecule has 1 N–H and O–H groups in total. The number of hydrogen-bond donors (Lipinski definition) is 1. The van der Waals surface area contributed by atoms with Crippen molar-refractivity contribution >= 4 is 0 Å². The lowest BCUT2D eigenvalue weighted by Gasteiger charge is -2.47. The molecular weight excluding hydrogens is 222 g/mol. The molecule has 0 aliphatic heterocycles.